The largest absolute Gasteiger partial charge is 0.352 e. The standard InChI is InChI=1S/C14H13ClN2O.C12H22N4O.2C2H6/c1-10(17-9-18)11-2-4-12(5-3-11)13-6-7-16-8-14(13)15;1-9(2)11(14-6-7-15-13)12(17)16-8-4-5-10(16)3;2*1-2/h2-10H,1H3,(H,17,18);6-7,9-11H,4-5,8,13H2,1-3H3;2*1-2H3/b;14-6?,15-7-;;. The predicted octanol–water partition coefficient (Wildman–Crippen LogP) is 6.30. The van der Waals surface area contributed by atoms with Gasteiger partial charge in [-0.3, -0.25) is 19.6 Å². The molecule has 39 heavy (non-hydrogen) atoms. The second-order valence-corrected chi connectivity index (χ2v) is 9.20. The second-order valence-electron chi connectivity index (χ2n) is 8.79. The van der Waals surface area contributed by atoms with E-state index in [9.17, 15) is 9.59 Å². The van der Waals surface area contributed by atoms with Crippen LogP contribution in [-0.2, 0) is 9.59 Å². The molecule has 0 radical (unpaired) electrons. The molecule has 3 unspecified atom stereocenters. The molecule has 0 spiro atoms. The molecule has 216 valence electrons. The molecule has 0 saturated carbocycles. The van der Waals surface area contributed by atoms with Gasteiger partial charge in [0.05, 0.1) is 17.3 Å². The number of likely N-dealkylation sites (tertiary alicyclic amines) is 1. The maximum atomic E-state index is 12.3. The van der Waals surface area contributed by atoms with E-state index in [1.807, 2.05) is 83.7 Å². The minimum Gasteiger partial charge on any atom is -0.352 e. The number of halogens is 1. The van der Waals surface area contributed by atoms with Crippen LogP contribution in [0.5, 0.6) is 0 Å². The predicted molar refractivity (Wildman–Crippen MR) is 165 cm³/mol. The number of aliphatic imine (C=N–C) groups is 1. The van der Waals surface area contributed by atoms with Crippen LogP contribution in [0.1, 0.15) is 79.8 Å². The van der Waals surface area contributed by atoms with E-state index in [1.54, 1.807) is 12.4 Å². The third-order valence-corrected chi connectivity index (χ3v) is 6.23. The first-order valence-corrected chi connectivity index (χ1v) is 14.1. The van der Waals surface area contributed by atoms with Crippen LogP contribution in [0.15, 0.2) is 52.8 Å². The summed E-state index contributed by atoms with van der Waals surface area (Å²) in [4.78, 5) is 32.9. The summed E-state index contributed by atoms with van der Waals surface area (Å²) in [5.41, 5.74) is 3.04. The number of nitrogens with one attached hydrogen (secondary N) is 1. The lowest BCUT2D eigenvalue weighted by atomic mass is 10.0. The molecule has 1 aromatic carbocycles. The first kappa shape index (κ1) is 35.7. The molecule has 1 saturated heterocycles. The number of hydrazone groups is 1. The maximum absolute atomic E-state index is 12.3. The van der Waals surface area contributed by atoms with E-state index >= 15 is 0 Å². The van der Waals surface area contributed by atoms with Gasteiger partial charge in [-0.1, -0.05) is 77.4 Å². The summed E-state index contributed by atoms with van der Waals surface area (Å²) in [5, 5.41) is 6.68. The number of nitrogens with zero attached hydrogens (tertiary/aromatic N) is 4. The summed E-state index contributed by atoms with van der Waals surface area (Å²) in [6.45, 7) is 16.9. The van der Waals surface area contributed by atoms with E-state index in [4.69, 9.17) is 17.4 Å². The second kappa shape index (κ2) is 20.7. The molecule has 1 aromatic heterocycles. The number of hydrogen-bond acceptors (Lipinski definition) is 6. The monoisotopic (exact) mass is 558 g/mol. The number of hydrogen-bond donors (Lipinski definition) is 2. The summed E-state index contributed by atoms with van der Waals surface area (Å²) in [5.74, 6) is 5.29. The molecule has 2 aromatic rings. The molecule has 3 N–H and O–H groups in total. The van der Waals surface area contributed by atoms with Gasteiger partial charge in [-0.25, -0.2) is 0 Å². The van der Waals surface area contributed by atoms with Crippen LogP contribution in [-0.4, -0.2) is 53.3 Å². The van der Waals surface area contributed by atoms with E-state index in [0.29, 0.717) is 17.5 Å². The van der Waals surface area contributed by atoms with Gasteiger partial charge in [0, 0.05) is 36.8 Å². The van der Waals surface area contributed by atoms with Crippen molar-refractivity contribution in [3.63, 3.8) is 0 Å². The Balaban J connectivity index is 0.000000658. The van der Waals surface area contributed by atoms with Crippen molar-refractivity contribution in [2.75, 3.05) is 6.54 Å². The molecule has 3 atom stereocenters. The van der Waals surface area contributed by atoms with Crippen molar-refractivity contribution in [1.82, 2.24) is 15.2 Å². The Bertz CT molecular complexity index is 1010. The van der Waals surface area contributed by atoms with E-state index in [0.717, 1.165) is 36.1 Å². The van der Waals surface area contributed by atoms with Gasteiger partial charge >= 0.3 is 0 Å². The average molecular weight is 559 g/mol. The molecular formula is C30H47ClN6O2. The number of aromatic nitrogens is 1. The highest BCUT2D eigenvalue weighted by molar-refractivity contribution is 6.33. The highest BCUT2D eigenvalue weighted by Crippen LogP contribution is 2.27. The first-order chi connectivity index (χ1) is 18.8. The molecule has 1 fully saturated rings. The van der Waals surface area contributed by atoms with E-state index in [-0.39, 0.29) is 23.9 Å². The van der Waals surface area contributed by atoms with Crippen LogP contribution in [0.2, 0.25) is 5.02 Å². The summed E-state index contributed by atoms with van der Waals surface area (Å²) >= 11 is 6.09. The molecule has 3 rings (SSSR count). The fourth-order valence-electron chi connectivity index (χ4n) is 3.88. The molecule has 0 aliphatic carbocycles. The summed E-state index contributed by atoms with van der Waals surface area (Å²) in [6, 6.07) is 9.82. The Morgan fingerprint density at radius 1 is 1.13 bits per heavy atom. The van der Waals surface area contributed by atoms with Crippen molar-refractivity contribution in [2.45, 2.75) is 86.4 Å². The van der Waals surface area contributed by atoms with Crippen molar-refractivity contribution in [3.05, 3.63) is 53.3 Å². The number of amides is 2. The lowest BCUT2D eigenvalue weighted by Crippen LogP contribution is -2.42. The van der Waals surface area contributed by atoms with Crippen LogP contribution >= 0.6 is 11.6 Å². The molecule has 2 heterocycles. The maximum Gasteiger partial charge on any atom is 0.247 e. The van der Waals surface area contributed by atoms with Gasteiger partial charge in [0.1, 0.15) is 6.04 Å². The van der Waals surface area contributed by atoms with Crippen molar-refractivity contribution in [1.29, 1.82) is 0 Å². The van der Waals surface area contributed by atoms with E-state index < -0.39 is 0 Å². The number of carbonyl (C=O) groups is 2. The quantitative estimate of drug-likeness (QED) is 0.171. The zero-order valence-corrected chi connectivity index (χ0v) is 25.5. The Labute approximate surface area is 240 Å². The van der Waals surface area contributed by atoms with Crippen molar-refractivity contribution < 1.29 is 9.59 Å². The van der Waals surface area contributed by atoms with E-state index in [2.05, 4.69) is 27.3 Å². The number of rotatable bonds is 8. The van der Waals surface area contributed by atoms with Gasteiger partial charge < -0.3 is 16.1 Å². The Hall–Kier alpha value is -3.26. The summed E-state index contributed by atoms with van der Waals surface area (Å²) < 4.78 is 0. The molecular weight excluding hydrogens is 512 g/mol. The van der Waals surface area contributed by atoms with Crippen LogP contribution in [0.4, 0.5) is 0 Å². The molecule has 2 amide bonds. The number of benzene rings is 1. The first-order valence-electron chi connectivity index (χ1n) is 13.7. The summed E-state index contributed by atoms with van der Waals surface area (Å²) in [6.07, 6.45) is 9.13. The third kappa shape index (κ3) is 12.0. The van der Waals surface area contributed by atoms with Crippen LogP contribution in [0.3, 0.4) is 0 Å². The minimum absolute atomic E-state index is 0.00413. The molecule has 9 heteroatoms. The van der Waals surface area contributed by atoms with Gasteiger partial charge in [-0.05, 0) is 49.8 Å². The lowest BCUT2D eigenvalue weighted by Gasteiger charge is -2.26. The Morgan fingerprint density at radius 2 is 1.77 bits per heavy atom. The smallest absolute Gasteiger partial charge is 0.247 e. The fourth-order valence-corrected chi connectivity index (χ4v) is 4.11. The van der Waals surface area contributed by atoms with E-state index in [1.165, 1.54) is 12.4 Å². The summed E-state index contributed by atoms with van der Waals surface area (Å²) in [7, 11) is 0. The highest BCUT2D eigenvalue weighted by Gasteiger charge is 2.31. The van der Waals surface area contributed by atoms with Gasteiger partial charge in [-0.2, -0.15) is 5.10 Å². The topological polar surface area (TPSA) is 113 Å². The highest BCUT2D eigenvalue weighted by atomic mass is 35.5. The van der Waals surface area contributed by atoms with Crippen LogP contribution in [0.25, 0.3) is 11.1 Å². The zero-order valence-electron chi connectivity index (χ0n) is 24.8. The van der Waals surface area contributed by atoms with Crippen LogP contribution in [0, 0.1) is 5.92 Å². The Kier molecular flexibility index (Phi) is 18.9. The SMILES string of the molecule is CC.CC.CC(C)C(N=C/C=N\N)C(=O)N1CCCC1C.CC(NC=O)c1ccc(-c2ccncc2Cl)cc1. The third-order valence-electron chi connectivity index (χ3n) is 5.93. The Morgan fingerprint density at radius 3 is 2.26 bits per heavy atom. The molecule has 1 aliphatic heterocycles. The zero-order chi connectivity index (χ0) is 29.8. The fraction of sp³-hybridized carbons (Fsp3) is 0.500. The number of carbonyl (C=O) groups excluding carboxylic acids is 2. The van der Waals surface area contributed by atoms with Gasteiger partial charge in [0.15, 0.2) is 0 Å². The minimum atomic E-state index is -0.325. The average Bonchev–Trinajstić information content (AvgIpc) is 3.39. The van der Waals surface area contributed by atoms with Crippen molar-refractivity contribution >= 4 is 36.3 Å². The molecule has 8 nitrogen and oxygen atoms in total. The normalized spacial score (nSPS) is 15.8. The van der Waals surface area contributed by atoms with Crippen LogP contribution < -0.4 is 11.2 Å². The number of nitrogens with two attached hydrogens (primary N) is 1. The van der Waals surface area contributed by atoms with Crippen molar-refractivity contribution in [2.24, 2.45) is 21.9 Å². The van der Waals surface area contributed by atoms with Crippen molar-refractivity contribution in [3.8, 4) is 11.1 Å². The lowest BCUT2D eigenvalue weighted by molar-refractivity contribution is -0.134. The molecule has 0 bridgehead atoms. The number of pyridine rings is 1. The van der Waals surface area contributed by atoms with Gasteiger partial charge in [0.25, 0.3) is 0 Å². The molecule has 1 aliphatic rings. The van der Waals surface area contributed by atoms with Gasteiger partial charge in [-0.15, -0.1) is 0 Å². The van der Waals surface area contributed by atoms with Gasteiger partial charge in [0.2, 0.25) is 12.3 Å².